The van der Waals surface area contributed by atoms with Gasteiger partial charge in [-0.25, -0.2) is 4.98 Å². The lowest BCUT2D eigenvalue weighted by Gasteiger charge is -2.45. The van der Waals surface area contributed by atoms with Gasteiger partial charge in [0.25, 0.3) is 5.56 Å². The molecule has 2 aliphatic heterocycles. The number of hydrogen-bond donors (Lipinski definition) is 2. The highest BCUT2D eigenvalue weighted by Gasteiger charge is 2.44. The molecule has 1 aliphatic carbocycles. The number of aliphatic hydroxyl groups excluding tert-OH is 1. The largest absolute Gasteiger partial charge is 0.391 e. The van der Waals surface area contributed by atoms with Crippen molar-refractivity contribution in [3.05, 3.63) is 34.6 Å². The zero-order valence-electron chi connectivity index (χ0n) is 20.1. The number of nitrogens with zero attached hydrogens (tertiary/aromatic N) is 3. The minimum Gasteiger partial charge on any atom is -0.391 e. The number of aromatic nitrogens is 2. The van der Waals surface area contributed by atoms with Gasteiger partial charge in [-0.05, 0) is 57.1 Å². The number of para-hydroxylation sites is 2. The SMILES string of the molecule is CC[C@H](O)CNc1nc2ccccc2n([C@H]2C[C@H]3CC[C@@H](C2)N3C2CCCCCCC2)c1=O. The molecule has 0 radical (unpaired) electrons. The van der Waals surface area contributed by atoms with Crippen LogP contribution in [0.2, 0.25) is 0 Å². The zero-order valence-corrected chi connectivity index (χ0v) is 20.1. The summed E-state index contributed by atoms with van der Waals surface area (Å²) in [5.74, 6) is 0.371. The van der Waals surface area contributed by atoms with Crippen molar-refractivity contribution in [3.8, 4) is 0 Å². The van der Waals surface area contributed by atoms with Crippen LogP contribution in [0.15, 0.2) is 29.1 Å². The lowest BCUT2D eigenvalue weighted by Crippen LogP contribution is -2.50. The monoisotopic (exact) mass is 452 g/mol. The zero-order chi connectivity index (χ0) is 22.8. The molecule has 6 nitrogen and oxygen atoms in total. The van der Waals surface area contributed by atoms with Gasteiger partial charge in [0.1, 0.15) is 0 Å². The van der Waals surface area contributed by atoms with E-state index in [0.717, 1.165) is 29.9 Å². The summed E-state index contributed by atoms with van der Waals surface area (Å²) in [6.07, 6.45) is 14.5. The molecular formula is C27H40N4O2. The molecule has 3 fully saturated rings. The molecule has 1 aromatic carbocycles. The fraction of sp³-hybridized carbons (Fsp3) is 0.704. The first kappa shape index (κ1) is 22.9. The van der Waals surface area contributed by atoms with Crippen molar-refractivity contribution in [2.24, 2.45) is 0 Å². The van der Waals surface area contributed by atoms with E-state index in [1.807, 2.05) is 35.8 Å². The van der Waals surface area contributed by atoms with E-state index >= 15 is 0 Å². The molecule has 5 rings (SSSR count). The first-order chi connectivity index (χ1) is 16.2. The predicted octanol–water partition coefficient (Wildman–Crippen LogP) is 4.86. The first-order valence-electron chi connectivity index (χ1n) is 13.4. The highest BCUT2D eigenvalue weighted by molar-refractivity contribution is 5.76. The summed E-state index contributed by atoms with van der Waals surface area (Å²) >= 11 is 0. The van der Waals surface area contributed by atoms with E-state index in [-0.39, 0.29) is 11.6 Å². The van der Waals surface area contributed by atoms with Crippen LogP contribution in [-0.2, 0) is 0 Å². The molecule has 1 aromatic heterocycles. The van der Waals surface area contributed by atoms with Crippen LogP contribution >= 0.6 is 0 Å². The van der Waals surface area contributed by atoms with Crippen molar-refractivity contribution in [3.63, 3.8) is 0 Å². The number of piperidine rings is 1. The van der Waals surface area contributed by atoms with E-state index in [1.54, 1.807) is 0 Å². The van der Waals surface area contributed by atoms with Crippen molar-refractivity contribution in [1.82, 2.24) is 14.5 Å². The van der Waals surface area contributed by atoms with Crippen LogP contribution in [0.25, 0.3) is 11.0 Å². The molecule has 2 N–H and O–H groups in total. The maximum atomic E-state index is 13.6. The summed E-state index contributed by atoms with van der Waals surface area (Å²) in [4.78, 5) is 21.1. The molecule has 0 amide bonds. The third-order valence-corrected chi connectivity index (χ3v) is 8.40. The maximum absolute atomic E-state index is 13.6. The lowest BCUT2D eigenvalue weighted by molar-refractivity contribution is 0.0498. The van der Waals surface area contributed by atoms with E-state index in [0.29, 0.717) is 30.9 Å². The number of rotatable bonds is 6. The van der Waals surface area contributed by atoms with Crippen LogP contribution < -0.4 is 10.9 Å². The second-order valence-corrected chi connectivity index (χ2v) is 10.5. The maximum Gasteiger partial charge on any atom is 0.294 e. The Labute approximate surface area is 197 Å². The molecule has 3 aliphatic rings. The Morgan fingerprint density at radius 2 is 1.64 bits per heavy atom. The number of anilines is 1. The predicted molar refractivity (Wildman–Crippen MR) is 134 cm³/mol. The van der Waals surface area contributed by atoms with Gasteiger partial charge in [0.15, 0.2) is 5.82 Å². The molecule has 2 saturated heterocycles. The fourth-order valence-electron chi connectivity index (χ4n) is 6.72. The molecule has 0 spiro atoms. The number of benzene rings is 1. The van der Waals surface area contributed by atoms with Gasteiger partial charge in [0.05, 0.1) is 17.1 Å². The smallest absolute Gasteiger partial charge is 0.294 e. The van der Waals surface area contributed by atoms with Crippen molar-refractivity contribution >= 4 is 16.9 Å². The van der Waals surface area contributed by atoms with Gasteiger partial charge in [-0.15, -0.1) is 0 Å². The Bertz CT molecular complexity index is 983. The van der Waals surface area contributed by atoms with E-state index in [9.17, 15) is 9.90 Å². The van der Waals surface area contributed by atoms with E-state index in [4.69, 9.17) is 0 Å². The minimum atomic E-state index is -0.478. The second-order valence-electron chi connectivity index (χ2n) is 10.5. The summed E-state index contributed by atoms with van der Waals surface area (Å²) in [5, 5.41) is 13.1. The molecule has 4 atom stereocenters. The van der Waals surface area contributed by atoms with Crippen LogP contribution in [0.5, 0.6) is 0 Å². The average molecular weight is 453 g/mol. The molecule has 2 aromatic rings. The van der Waals surface area contributed by atoms with Gasteiger partial charge in [-0.1, -0.05) is 51.2 Å². The Balaban J connectivity index is 1.43. The first-order valence-corrected chi connectivity index (χ1v) is 13.4. The van der Waals surface area contributed by atoms with Gasteiger partial charge in [0, 0.05) is 30.7 Å². The third kappa shape index (κ3) is 4.69. The van der Waals surface area contributed by atoms with Crippen LogP contribution in [0, 0.1) is 0 Å². The molecular weight excluding hydrogens is 412 g/mol. The molecule has 0 unspecified atom stereocenters. The van der Waals surface area contributed by atoms with Crippen LogP contribution in [0.1, 0.15) is 90.0 Å². The van der Waals surface area contributed by atoms with Gasteiger partial charge in [-0.3, -0.25) is 9.69 Å². The van der Waals surface area contributed by atoms with Gasteiger partial charge in [-0.2, -0.15) is 0 Å². The highest BCUT2D eigenvalue weighted by Crippen LogP contribution is 2.44. The minimum absolute atomic E-state index is 0.0409. The fourth-order valence-corrected chi connectivity index (χ4v) is 6.72. The standard InChI is InChI=1S/C27H40N4O2/c1-2-23(32)18-28-26-27(33)31(25-13-9-8-12-24(25)29-26)22-16-20-14-15-21(17-22)30(20)19-10-6-4-3-5-7-11-19/h8-9,12-13,19-23,32H,2-7,10-11,14-18H2,1H3,(H,28,29)/t20-,21+,22+,23-/m0/s1. The number of aliphatic hydroxyl groups is 1. The normalized spacial score (nSPS) is 27.9. The van der Waals surface area contributed by atoms with Gasteiger partial charge in [0.2, 0.25) is 0 Å². The summed E-state index contributed by atoms with van der Waals surface area (Å²) < 4.78 is 2.03. The Morgan fingerprint density at radius 3 is 2.33 bits per heavy atom. The highest BCUT2D eigenvalue weighted by atomic mass is 16.3. The van der Waals surface area contributed by atoms with Gasteiger partial charge >= 0.3 is 0 Å². The van der Waals surface area contributed by atoms with Crippen molar-refractivity contribution in [2.75, 3.05) is 11.9 Å². The molecule has 3 heterocycles. The lowest BCUT2D eigenvalue weighted by atomic mass is 9.89. The third-order valence-electron chi connectivity index (χ3n) is 8.40. The van der Waals surface area contributed by atoms with Crippen molar-refractivity contribution < 1.29 is 5.11 Å². The topological polar surface area (TPSA) is 70.4 Å². The summed E-state index contributed by atoms with van der Waals surface area (Å²) in [5.41, 5.74) is 1.74. The van der Waals surface area contributed by atoms with E-state index in [2.05, 4.69) is 15.2 Å². The van der Waals surface area contributed by atoms with Crippen molar-refractivity contribution in [1.29, 1.82) is 0 Å². The van der Waals surface area contributed by atoms with Crippen LogP contribution in [0.4, 0.5) is 5.82 Å². The van der Waals surface area contributed by atoms with E-state index in [1.165, 1.54) is 57.8 Å². The second kappa shape index (κ2) is 10.1. The van der Waals surface area contributed by atoms with Crippen LogP contribution in [-0.4, -0.2) is 50.3 Å². The molecule has 180 valence electrons. The Hall–Kier alpha value is -1.92. The molecule has 2 bridgehead atoms. The van der Waals surface area contributed by atoms with Crippen molar-refractivity contribution in [2.45, 2.75) is 114 Å². The molecule has 33 heavy (non-hydrogen) atoms. The number of hydrogen-bond acceptors (Lipinski definition) is 5. The quantitative estimate of drug-likeness (QED) is 0.655. The van der Waals surface area contributed by atoms with Crippen LogP contribution in [0.3, 0.4) is 0 Å². The summed E-state index contributed by atoms with van der Waals surface area (Å²) in [7, 11) is 0. The number of nitrogens with one attached hydrogen (secondary N) is 1. The number of fused-ring (bicyclic) bond motifs is 3. The Morgan fingerprint density at radius 1 is 0.970 bits per heavy atom. The average Bonchev–Trinajstić information content (AvgIpc) is 3.06. The van der Waals surface area contributed by atoms with Gasteiger partial charge < -0.3 is 15.0 Å². The summed E-state index contributed by atoms with van der Waals surface area (Å²) in [6, 6.07) is 10.2. The molecule has 1 saturated carbocycles. The molecule has 6 heteroatoms. The Kier molecular flexibility index (Phi) is 7.02. The summed E-state index contributed by atoms with van der Waals surface area (Å²) in [6.45, 7) is 2.29. The van der Waals surface area contributed by atoms with E-state index < -0.39 is 6.10 Å².